The van der Waals surface area contributed by atoms with E-state index in [1.807, 2.05) is 12.1 Å². The fraction of sp³-hybridized carbons (Fsp3) is 0.538. The number of halogens is 1. The van der Waals surface area contributed by atoms with Crippen LogP contribution in [0.15, 0.2) is 28.7 Å². The Bertz CT molecular complexity index is 312. The zero-order chi connectivity index (χ0) is 12.7. The van der Waals surface area contributed by atoms with Gasteiger partial charge >= 0.3 is 0 Å². The van der Waals surface area contributed by atoms with Gasteiger partial charge in [-0.3, -0.25) is 0 Å². The molecule has 0 radical (unpaired) electrons. The highest BCUT2D eigenvalue weighted by atomic mass is 79.9. The van der Waals surface area contributed by atoms with Crippen LogP contribution in [0.3, 0.4) is 0 Å². The Hall–Kier alpha value is -0.420. The van der Waals surface area contributed by atoms with E-state index in [1.165, 1.54) is 5.56 Å². The quantitative estimate of drug-likeness (QED) is 0.785. The van der Waals surface area contributed by atoms with E-state index >= 15 is 0 Å². The molecule has 1 rings (SSSR count). The van der Waals surface area contributed by atoms with Gasteiger partial charge in [-0.05, 0) is 30.7 Å². The Morgan fingerprint density at radius 3 is 2.24 bits per heavy atom. The third-order valence-electron chi connectivity index (χ3n) is 2.63. The topological polar surface area (TPSA) is 30.5 Å². The summed E-state index contributed by atoms with van der Waals surface area (Å²) < 4.78 is 11.7. The molecule has 1 aromatic rings. The van der Waals surface area contributed by atoms with Gasteiger partial charge in [0.1, 0.15) is 0 Å². The van der Waals surface area contributed by atoms with Crippen LogP contribution in [0.25, 0.3) is 0 Å². The largest absolute Gasteiger partial charge is 0.354 e. The molecule has 0 aromatic heterocycles. The third kappa shape index (κ3) is 4.76. The van der Waals surface area contributed by atoms with Crippen molar-refractivity contribution >= 4 is 15.9 Å². The second-order valence-corrected chi connectivity index (χ2v) is 4.75. The molecule has 0 aliphatic carbocycles. The molecule has 0 aliphatic rings. The average molecular weight is 302 g/mol. The van der Waals surface area contributed by atoms with E-state index in [1.54, 1.807) is 14.2 Å². The molecule has 17 heavy (non-hydrogen) atoms. The van der Waals surface area contributed by atoms with Crippen LogP contribution >= 0.6 is 15.9 Å². The van der Waals surface area contributed by atoms with Crippen LogP contribution in [0.1, 0.15) is 12.5 Å². The van der Waals surface area contributed by atoms with Crippen molar-refractivity contribution in [2.24, 2.45) is 0 Å². The van der Waals surface area contributed by atoms with E-state index < -0.39 is 0 Å². The molecule has 1 aromatic carbocycles. The first-order chi connectivity index (χ1) is 8.21. The van der Waals surface area contributed by atoms with Gasteiger partial charge in [0.05, 0.1) is 6.04 Å². The second kappa shape index (κ2) is 7.82. The van der Waals surface area contributed by atoms with Gasteiger partial charge in [-0.25, -0.2) is 0 Å². The van der Waals surface area contributed by atoms with E-state index in [-0.39, 0.29) is 12.3 Å². The molecule has 3 nitrogen and oxygen atoms in total. The maximum Gasteiger partial charge on any atom is 0.172 e. The van der Waals surface area contributed by atoms with E-state index in [0.717, 1.165) is 17.4 Å². The normalized spacial score (nSPS) is 13.0. The lowest BCUT2D eigenvalue weighted by molar-refractivity contribution is -0.122. The number of hydrogen-bond donors (Lipinski definition) is 1. The van der Waals surface area contributed by atoms with Gasteiger partial charge < -0.3 is 14.8 Å². The van der Waals surface area contributed by atoms with Gasteiger partial charge in [0.15, 0.2) is 6.29 Å². The van der Waals surface area contributed by atoms with Gasteiger partial charge in [0.2, 0.25) is 0 Å². The van der Waals surface area contributed by atoms with Crippen molar-refractivity contribution in [3.8, 4) is 0 Å². The number of ether oxygens (including phenoxy) is 2. The molecular weight excluding hydrogens is 282 g/mol. The number of rotatable bonds is 7. The molecule has 1 N–H and O–H groups in total. The van der Waals surface area contributed by atoms with Crippen LogP contribution in [0.2, 0.25) is 0 Å². The van der Waals surface area contributed by atoms with Gasteiger partial charge in [0, 0.05) is 18.7 Å². The predicted molar refractivity (Wildman–Crippen MR) is 73.1 cm³/mol. The fourth-order valence-corrected chi connectivity index (χ4v) is 2.09. The SMILES string of the molecule is CCNC(Cc1ccc(Br)cc1)C(OC)OC. The molecule has 0 saturated heterocycles. The summed E-state index contributed by atoms with van der Waals surface area (Å²) in [6.07, 6.45) is 0.659. The third-order valence-corrected chi connectivity index (χ3v) is 3.16. The predicted octanol–water partition coefficient (Wildman–Crippen LogP) is 2.59. The Morgan fingerprint density at radius 1 is 1.18 bits per heavy atom. The molecule has 0 aliphatic heterocycles. The van der Waals surface area contributed by atoms with E-state index in [2.05, 4.69) is 40.3 Å². The highest BCUT2D eigenvalue weighted by Gasteiger charge is 2.20. The minimum Gasteiger partial charge on any atom is -0.354 e. The Morgan fingerprint density at radius 2 is 1.76 bits per heavy atom. The van der Waals surface area contributed by atoms with Crippen molar-refractivity contribution in [2.45, 2.75) is 25.7 Å². The summed E-state index contributed by atoms with van der Waals surface area (Å²) in [7, 11) is 3.33. The summed E-state index contributed by atoms with van der Waals surface area (Å²) >= 11 is 3.43. The Kier molecular flexibility index (Phi) is 6.73. The summed E-state index contributed by atoms with van der Waals surface area (Å²) in [5.74, 6) is 0. The van der Waals surface area contributed by atoms with Crippen LogP contribution < -0.4 is 5.32 Å². The minimum atomic E-state index is -0.224. The summed E-state index contributed by atoms with van der Waals surface area (Å²) in [6.45, 7) is 2.97. The van der Waals surface area contributed by atoms with Crippen molar-refractivity contribution in [3.63, 3.8) is 0 Å². The van der Waals surface area contributed by atoms with E-state index in [4.69, 9.17) is 9.47 Å². The molecule has 96 valence electrons. The van der Waals surface area contributed by atoms with Gasteiger partial charge in [0.25, 0.3) is 0 Å². The maximum atomic E-state index is 5.32. The number of methoxy groups -OCH3 is 2. The number of nitrogens with one attached hydrogen (secondary N) is 1. The maximum absolute atomic E-state index is 5.32. The molecule has 0 fully saturated rings. The van der Waals surface area contributed by atoms with Crippen LogP contribution in [-0.4, -0.2) is 33.1 Å². The lowest BCUT2D eigenvalue weighted by Gasteiger charge is -2.25. The second-order valence-electron chi connectivity index (χ2n) is 3.83. The van der Waals surface area contributed by atoms with E-state index in [0.29, 0.717) is 0 Å². The highest BCUT2D eigenvalue weighted by molar-refractivity contribution is 9.10. The van der Waals surface area contributed by atoms with Crippen LogP contribution in [0.5, 0.6) is 0 Å². The zero-order valence-corrected chi connectivity index (χ0v) is 12.2. The van der Waals surface area contributed by atoms with Crippen LogP contribution in [0.4, 0.5) is 0 Å². The summed E-state index contributed by atoms with van der Waals surface area (Å²) in [5.41, 5.74) is 1.26. The molecule has 0 heterocycles. The Balaban J connectivity index is 2.68. The summed E-state index contributed by atoms with van der Waals surface area (Å²) in [5, 5.41) is 3.39. The van der Waals surface area contributed by atoms with Crippen molar-refractivity contribution in [1.29, 1.82) is 0 Å². The van der Waals surface area contributed by atoms with Gasteiger partial charge in [-0.15, -0.1) is 0 Å². The van der Waals surface area contributed by atoms with Gasteiger partial charge in [-0.2, -0.15) is 0 Å². The molecule has 4 heteroatoms. The molecule has 0 spiro atoms. The molecule has 1 atom stereocenters. The lowest BCUT2D eigenvalue weighted by atomic mass is 10.1. The summed E-state index contributed by atoms with van der Waals surface area (Å²) in [6, 6.07) is 8.48. The minimum absolute atomic E-state index is 0.163. The van der Waals surface area contributed by atoms with Crippen molar-refractivity contribution < 1.29 is 9.47 Å². The first kappa shape index (κ1) is 14.6. The first-order valence-corrected chi connectivity index (χ1v) is 6.54. The first-order valence-electron chi connectivity index (χ1n) is 5.74. The molecular formula is C13H20BrNO2. The number of hydrogen-bond acceptors (Lipinski definition) is 3. The highest BCUT2D eigenvalue weighted by Crippen LogP contribution is 2.13. The molecule has 0 amide bonds. The van der Waals surface area contributed by atoms with Crippen molar-refractivity contribution in [2.75, 3.05) is 20.8 Å². The zero-order valence-electron chi connectivity index (χ0n) is 10.6. The molecule has 1 unspecified atom stereocenters. The summed E-state index contributed by atoms with van der Waals surface area (Å²) in [4.78, 5) is 0. The van der Waals surface area contributed by atoms with Crippen molar-refractivity contribution in [3.05, 3.63) is 34.3 Å². The smallest absolute Gasteiger partial charge is 0.172 e. The molecule has 0 saturated carbocycles. The lowest BCUT2D eigenvalue weighted by Crippen LogP contribution is -2.43. The standard InChI is InChI=1S/C13H20BrNO2/c1-4-15-12(13(16-2)17-3)9-10-5-7-11(14)8-6-10/h5-8,12-13,15H,4,9H2,1-3H3. The molecule has 0 bridgehead atoms. The monoisotopic (exact) mass is 301 g/mol. The van der Waals surface area contributed by atoms with Crippen LogP contribution in [-0.2, 0) is 15.9 Å². The fourth-order valence-electron chi connectivity index (χ4n) is 1.83. The van der Waals surface area contributed by atoms with Gasteiger partial charge in [-0.1, -0.05) is 35.0 Å². The average Bonchev–Trinajstić information content (AvgIpc) is 2.34. The van der Waals surface area contributed by atoms with E-state index in [9.17, 15) is 0 Å². The number of benzene rings is 1. The van der Waals surface area contributed by atoms with Crippen molar-refractivity contribution in [1.82, 2.24) is 5.32 Å². The number of likely N-dealkylation sites (N-methyl/N-ethyl adjacent to an activating group) is 1. The van der Waals surface area contributed by atoms with Crippen LogP contribution in [0, 0.1) is 0 Å². The Labute approximate surface area is 112 Å².